The van der Waals surface area contributed by atoms with Gasteiger partial charge in [-0.3, -0.25) is 4.79 Å². The van der Waals surface area contributed by atoms with Crippen molar-refractivity contribution in [2.24, 2.45) is 0 Å². The summed E-state index contributed by atoms with van der Waals surface area (Å²) in [6.07, 6.45) is 0. The van der Waals surface area contributed by atoms with Crippen LogP contribution < -0.4 is 10.6 Å². The number of rotatable bonds is 7. The number of anilines is 1. The Kier molecular flexibility index (Phi) is 6.08. The number of carbonyl (C=O) groups excluding carboxylic acids is 1. The van der Waals surface area contributed by atoms with E-state index in [2.05, 4.69) is 10.6 Å². The zero-order valence-corrected chi connectivity index (χ0v) is 15.7. The molecule has 0 fully saturated rings. The molecule has 0 aliphatic rings. The largest absolute Gasteiger partial charge is 0.383 e. The van der Waals surface area contributed by atoms with E-state index in [1.165, 1.54) is 38.1 Å². The summed E-state index contributed by atoms with van der Waals surface area (Å²) in [6, 6.07) is 15.3. The van der Waals surface area contributed by atoms with E-state index in [1.54, 1.807) is 0 Å². The maximum absolute atomic E-state index is 12.7. The van der Waals surface area contributed by atoms with Gasteiger partial charge in [0.05, 0.1) is 4.90 Å². The van der Waals surface area contributed by atoms with Gasteiger partial charge in [-0.15, -0.1) is 0 Å². The summed E-state index contributed by atoms with van der Waals surface area (Å²) in [5, 5.41) is 6.26. The fraction of sp³-hybridized carbons (Fsp3) is 0.278. The summed E-state index contributed by atoms with van der Waals surface area (Å²) in [5.74, 6) is -0.544. The van der Waals surface area contributed by atoms with Gasteiger partial charge in [-0.1, -0.05) is 29.8 Å². The number of para-hydroxylation sites is 1. The average Bonchev–Trinajstić information content (AvgIpc) is 2.59. The van der Waals surface area contributed by atoms with Crippen molar-refractivity contribution in [3.63, 3.8) is 0 Å². The van der Waals surface area contributed by atoms with E-state index in [9.17, 15) is 13.2 Å². The summed E-state index contributed by atoms with van der Waals surface area (Å²) in [7, 11) is -3.83. The average molecular weight is 381 g/mol. The van der Waals surface area contributed by atoms with Crippen molar-refractivity contribution >= 4 is 33.0 Å². The lowest BCUT2D eigenvalue weighted by Gasteiger charge is -2.24. The van der Waals surface area contributed by atoms with Crippen LogP contribution in [0.3, 0.4) is 0 Å². The lowest BCUT2D eigenvalue weighted by Crippen LogP contribution is -2.49. The van der Waals surface area contributed by atoms with Crippen LogP contribution in [0, 0.1) is 0 Å². The minimum absolute atomic E-state index is 0.0689. The maximum atomic E-state index is 12.7. The Morgan fingerprint density at radius 1 is 1.00 bits per heavy atom. The van der Waals surface area contributed by atoms with Gasteiger partial charge in [-0.25, -0.2) is 8.42 Å². The first-order valence-electron chi connectivity index (χ1n) is 7.82. The monoisotopic (exact) mass is 380 g/mol. The van der Waals surface area contributed by atoms with Crippen molar-refractivity contribution in [3.05, 3.63) is 59.6 Å². The number of benzene rings is 2. The molecule has 1 amide bonds. The van der Waals surface area contributed by atoms with Crippen LogP contribution in [0.15, 0.2) is 59.5 Å². The van der Waals surface area contributed by atoms with Gasteiger partial charge < -0.3 is 10.6 Å². The molecule has 0 aromatic heterocycles. The highest BCUT2D eigenvalue weighted by atomic mass is 35.5. The lowest BCUT2D eigenvalue weighted by atomic mass is 10.2. The minimum Gasteiger partial charge on any atom is -0.383 e. The second-order valence-corrected chi connectivity index (χ2v) is 8.95. The summed E-state index contributed by atoms with van der Waals surface area (Å²) in [5.41, 5.74) is 0.935. The van der Waals surface area contributed by atoms with Gasteiger partial charge in [0.15, 0.2) is 9.84 Å². The van der Waals surface area contributed by atoms with Crippen molar-refractivity contribution < 1.29 is 13.2 Å². The summed E-state index contributed by atoms with van der Waals surface area (Å²) >= 11 is 5.79. The highest BCUT2D eigenvalue weighted by molar-refractivity contribution is 7.93. The molecule has 5 nitrogen and oxygen atoms in total. The molecule has 2 aromatic rings. The van der Waals surface area contributed by atoms with Crippen molar-refractivity contribution in [2.75, 3.05) is 18.4 Å². The van der Waals surface area contributed by atoms with E-state index in [-0.39, 0.29) is 4.90 Å². The standard InChI is InChI=1S/C18H21ClN2O3S/c1-18(2,25(23,24)16-10-8-14(19)9-11-16)17(22)21-13-12-20-15-6-4-3-5-7-15/h3-11,20H,12-13H2,1-2H3,(H,21,22). The number of hydrogen-bond acceptors (Lipinski definition) is 4. The zero-order valence-electron chi connectivity index (χ0n) is 14.1. The normalized spacial score (nSPS) is 11.8. The molecule has 0 unspecified atom stereocenters. The molecule has 0 aliphatic carbocycles. The van der Waals surface area contributed by atoms with E-state index >= 15 is 0 Å². The molecule has 0 bridgehead atoms. The predicted octanol–water partition coefficient (Wildman–Crippen LogP) is 3.12. The molecule has 0 heterocycles. The third-order valence-corrected chi connectivity index (χ3v) is 6.53. The zero-order chi connectivity index (χ0) is 18.5. The van der Waals surface area contributed by atoms with E-state index in [0.29, 0.717) is 18.1 Å². The Balaban J connectivity index is 1.98. The van der Waals surface area contributed by atoms with Crippen LogP contribution >= 0.6 is 11.6 Å². The molecule has 25 heavy (non-hydrogen) atoms. The molecule has 2 N–H and O–H groups in total. The molecule has 7 heteroatoms. The van der Waals surface area contributed by atoms with Crippen LogP contribution in [0.4, 0.5) is 5.69 Å². The van der Waals surface area contributed by atoms with Crippen molar-refractivity contribution in [3.8, 4) is 0 Å². The molecule has 0 radical (unpaired) electrons. The van der Waals surface area contributed by atoms with E-state index in [0.717, 1.165) is 5.69 Å². The number of hydrogen-bond donors (Lipinski definition) is 2. The molecule has 0 atom stereocenters. The second kappa shape index (κ2) is 7.89. The molecule has 0 saturated heterocycles. The number of amides is 1. The van der Waals surface area contributed by atoms with Crippen molar-refractivity contribution in [2.45, 2.75) is 23.5 Å². The molecular weight excluding hydrogens is 360 g/mol. The van der Waals surface area contributed by atoms with Gasteiger partial charge in [0.1, 0.15) is 4.75 Å². The second-order valence-electron chi connectivity index (χ2n) is 6.02. The van der Waals surface area contributed by atoms with Crippen LogP contribution in [0.2, 0.25) is 5.02 Å². The fourth-order valence-electron chi connectivity index (χ4n) is 2.18. The van der Waals surface area contributed by atoms with Crippen LogP contribution in [-0.2, 0) is 14.6 Å². The van der Waals surface area contributed by atoms with Crippen LogP contribution in [-0.4, -0.2) is 32.2 Å². The first kappa shape index (κ1) is 19.3. The minimum atomic E-state index is -3.83. The first-order valence-corrected chi connectivity index (χ1v) is 9.68. The summed E-state index contributed by atoms with van der Waals surface area (Å²) in [4.78, 5) is 12.5. The van der Waals surface area contributed by atoms with Crippen LogP contribution in [0.25, 0.3) is 0 Å². The smallest absolute Gasteiger partial charge is 0.241 e. The van der Waals surface area contributed by atoms with Gasteiger partial charge >= 0.3 is 0 Å². The number of sulfone groups is 1. The highest BCUT2D eigenvalue weighted by Crippen LogP contribution is 2.26. The molecule has 2 rings (SSSR count). The number of carbonyl (C=O) groups is 1. The fourth-order valence-corrected chi connectivity index (χ4v) is 3.71. The molecule has 0 spiro atoms. The van der Waals surface area contributed by atoms with Gasteiger partial charge in [-0.05, 0) is 50.2 Å². The molecule has 0 saturated carbocycles. The Morgan fingerprint density at radius 3 is 2.20 bits per heavy atom. The Hall–Kier alpha value is -2.05. The van der Waals surface area contributed by atoms with E-state index < -0.39 is 20.5 Å². The lowest BCUT2D eigenvalue weighted by molar-refractivity contribution is -0.122. The highest BCUT2D eigenvalue weighted by Gasteiger charge is 2.42. The first-order chi connectivity index (χ1) is 11.7. The summed E-state index contributed by atoms with van der Waals surface area (Å²) < 4.78 is 23.9. The SMILES string of the molecule is CC(C)(C(=O)NCCNc1ccccc1)S(=O)(=O)c1ccc(Cl)cc1. The predicted molar refractivity (Wildman–Crippen MR) is 101 cm³/mol. The quantitative estimate of drug-likeness (QED) is 0.723. The van der Waals surface area contributed by atoms with Crippen LogP contribution in [0.1, 0.15) is 13.8 Å². The Labute approximate surface area is 153 Å². The number of halogens is 1. The van der Waals surface area contributed by atoms with Gasteiger partial charge in [0.2, 0.25) is 5.91 Å². The third kappa shape index (κ3) is 4.52. The van der Waals surface area contributed by atoms with Gasteiger partial charge in [-0.2, -0.15) is 0 Å². The van der Waals surface area contributed by atoms with E-state index in [1.807, 2.05) is 30.3 Å². The Morgan fingerprint density at radius 2 is 1.60 bits per heavy atom. The van der Waals surface area contributed by atoms with Gasteiger partial charge in [0.25, 0.3) is 0 Å². The van der Waals surface area contributed by atoms with Crippen molar-refractivity contribution in [1.29, 1.82) is 0 Å². The molecule has 2 aromatic carbocycles. The Bertz CT molecular complexity index is 819. The maximum Gasteiger partial charge on any atom is 0.241 e. The molecular formula is C18H21ClN2O3S. The summed E-state index contributed by atoms with van der Waals surface area (Å²) in [6.45, 7) is 3.61. The van der Waals surface area contributed by atoms with E-state index in [4.69, 9.17) is 11.6 Å². The van der Waals surface area contributed by atoms with Crippen molar-refractivity contribution in [1.82, 2.24) is 5.32 Å². The van der Waals surface area contributed by atoms with Crippen LogP contribution in [0.5, 0.6) is 0 Å². The topological polar surface area (TPSA) is 75.3 Å². The van der Waals surface area contributed by atoms with Gasteiger partial charge in [0, 0.05) is 23.8 Å². The number of nitrogens with one attached hydrogen (secondary N) is 2. The molecule has 134 valence electrons. The molecule has 0 aliphatic heterocycles. The third-order valence-electron chi connectivity index (χ3n) is 3.86.